The molecule has 6 heteroatoms. The Kier molecular flexibility index (Phi) is 4.34. The summed E-state index contributed by atoms with van der Waals surface area (Å²) >= 11 is 0. The quantitative estimate of drug-likeness (QED) is 0.926. The average Bonchev–Trinajstić information content (AvgIpc) is 2.53. The van der Waals surface area contributed by atoms with Crippen molar-refractivity contribution in [3.8, 4) is 5.75 Å². The lowest BCUT2D eigenvalue weighted by molar-refractivity contribution is 0.0819. The molecule has 1 N–H and O–H groups in total. The van der Waals surface area contributed by atoms with Crippen molar-refractivity contribution in [3.63, 3.8) is 0 Å². The highest BCUT2D eigenvalue weighted by atomic mass is 19.3. The molecule has 114 valence electrons. The lowest BCUT2D eigenvalue weighted by Crippen LogP contribution is -2.44. The van der Waals surface area contributed by atoms with E-state index in [1.807, 2.05) is 6.07 Å². The van der Waals surface area contributed by atoms with Crippen molar-refractivity contribution in [1.29, 1.82) is 0 Å². The summed E-state index contributed by atoms with van der Waals surface area (Å²) < 4.78 is 29.5. The number of ether oxygens (including phenoxy) is 1. The molecule has 4 nitrogen and oxygen atoms in total. The summed E-state index contributed by atoms with van der Waals surface area (Å²) in [6.07, 6.45) is 1.53. The van der Waals surface area contributed by atoms with Crippen molar-refractivity contribution in [2.75, 3.05) is 31.3 Å². The lowest BCUT2D eigenvalue weighted by Gasteiger charge is -2.37. The van der Waals surface area contributed by atoms with Gasteiger partial charge in [0.2, 0.25) is 0 Å². The zero-order valence-corrected chi connectivity index (χ0v) is 11.8. The van der Waals surface area contributed by atoms with E-state index < -0.39 is 13.0 Å². The van der Waals surface area contributed by atoms with Gasteiger partial charge in [0, 0.05) is 23.5 Å². The van der Waals surface area contributed by atoms with E-state index in [4.69, 9.17) is 4.74 Å². The van der Waals surface area contributed by atoms with Gasteiger partial charge in [0.15, 0.2) is 0 Å². The van der Waals surface area contributed by atoms with Crippen LogP contribution in [0.3, 0.4) is 0 Å². The summed E-state index contributed by atoms with van der Waals surface area (Å²) in [6, 6.07) is 5.97. The average molecular weight is 295 g/mol. The minimum Gasteiger partial charge on any atom is -0.488 e. The van der Waals surface area contributed by atoms with Gasteiger partial charge in [0.25, 0.3) is 6.43 Å². The van der Waals surface area contributed by atoms with Gasteiger partial charge >= 0.3 is 0 Å². The number of benzene rings is 1. The van der Waals surface area contributed by atoms with Crippen LogP contribution in [-0.2, 0) is 0 Å². The van der Waals surface area contributed by atoms with Crippen molar-refractivity contribution in [2.45, 2.75) is 25.3 Å². The zero-order valence-electron chi connectivity index (χ0n) is 11.8. The second-order valence-corrected chi connectivity index (χ2v) is 5.33. The first kappa shape index (κ1) is 14.3. The molecule has 1 saturated heterocycles. The van der Waals surface area contributed by atoms with E-state index in [-0.39, 0.29) is 0 Å². The van der Waals surface area contributed by atoms with Gasteiger partial charge < -0.3 is 15.0 Å². The van der Waals surface area contributed by atoms with Crippen LogP contribution in [-0.4, -0.2) is 45.0 Å². The first-order valence-corrected chi connectivity index (χ1v) is 7.26. The number of hydrogen-bond acceptors (Lipinski definition) is 4. The molecule has 0 unspecified atom stereocenters. The molecule has 0 atom stereocenters. The highest BCUT2D eigenvalue weighted by molar-refractivity contribution is 5.90. The molecule has 0 amide bonds. The third-order valence-corrected chi connectivity index (χ3v) is 3.90. The van der Waals surface area contributed by atoms with Crippen molar-refractivity contribution in [3.05, 3.63) is 23.8 Å². The van der Waals surface area contributed by atoms with Crippen molar-refractivity contribution in [1.82, 2.24) is 5.32 Å². The summed E-state index contributed by atoms with van der Waals surface area (Å²) in [6.45, 7) is 2.13. The minimum atomic E-state index is -2.46. The smallest absolute Gasteiger partial charge is 0.272 e. The van der Waals surface area contributed by atoms with Crippen LogP contribution in [0.25, 0.3) is 0 Å². The van der Waals surface area contributed by atoms with Crippen molar-refractivity contribution < 1.29 is 13.5 Å². The van der Waals surface area contributed by atoms with Crippen molar-refractivity contribution in [2.24, 2.45) is 4.99 Å². The van der Waals surface area contributed by atoms with E-state index in [9.17, 15) is 8.78 Å². The van der Waals surface area contributed by atoms with Crippen LogP contribution < -0.4 is 15.0 Å². The number of nitrogens with one attached hydrogen (secondary N) is 1. The molecule has 0 aromatic heterocycles. The Balaban J connectivity index is 1.77. The monoisotopic (exact) mass is 295 g/mol. The van der Waals surface area contributed by atoms with Gasteiger partial charge in [-0.15, -0.1) is 0 Å². The fourth-order valence-electron chi connectivity index (χ4n) is 2.88. The number of aliphatic imine (C=N–C) groups is 1. The van der Waals surface area contributed by atoms with Crippen LogP contribution in [0.5, 0.6) is 5.75 Å². The van der Waals surface area contributed by atoms with Gasteiger partial charge in [-0.1, -0.05) is 0 Å². The van der Waals surface area contributed by atoms with Crippen molar-refractivity contribution >= 4 is 11.9 Å². The standard InChI is InChI=1S/C15H19F2N3O/c16-15(17)9-21-13-1-2-14-11(7-13)8-19-10-20(14)12-3-5-18-6-4-12/h1-2,7-8,12,15,18H,3-6,9-10H2. The third kappa shape index (κ3) is 3.32. The second kappa shape index (κ2) is 6.39. The summed E-state index contributed by atoms with van der Waals surface area (Å²) in [5.74, 6) is 0.465. The van der Waals surface area contributed by atoms with E-state index in [2.05, 4.69) is 15.2 Å². The van der Waals surface area contributed by atoms with Gasteiger partial charge in [-0.3, -0.25) is 4.99 Å². The molecule has 3 rings (SSSR count). The number of fused-ring (bicyclic) bond motifs is 1. The Hall–Kier alpha value is -1.69. The van der Waals surface area contributed by atoms with E-state index in [1.54, 1.807) is 18.3 Å². The number of nitrogens with zero attached hydrogens (tertiary/aromatic N) is 2. The maximum Gasteiger partial charge on any atom is 0.272 e. The molecular formula is C15H19F2N3O. The molecule has 0 aliphatic carbocycles. The van der Waals surface area contributed by atoms with E-state index in [1.165, 1.54) is 0 Å². The predicted molar refractivity (Wildman–Crippen MR) is 78.8 cm³/mol. The molecule has 2 heterocycles. The topological polar surface area (TPSA) is 36.9 Å². The van der Waals surface area contributed by atoms with Gasteiger partial charge in [0.1, 0.15) is 19.0 Å². The highest BCUT2D eigenvalue weighted by Crippen LogP contribution is 2.30. The third-order valence-electron chi connectivity index (χ3n) is 3.90. The number of rotatable bonds is 4. The fourth-order valence-corrected chi connectivity index (χ4v) is 2.88. The molecule has 2 aliphatic heterocycles. The van der Waals surface area contributed by atoms with E-state index >= 15 is 0 Å². The largest absolute Gasteiger partial charge is 0.488 e. The Bertz CT molecular complexity index is 516. The fraction of sp³-hybridized carbons (Fsp3) is 0.533. The van der Waals surface area contributed by atoms with Crippen LogP contribution in [0.2, 0.25) is 0 Å². The molecule has 2 aliphatic rings. The first-order chi connectivity index (χ1) is 10.2. The van der Waals surface area contributed by atoms with E-state index in [0.717, 1.165) is 37.2 Å². The first-order valence-electron chi connectivity index (χ1n) is 7.26. The van der Waals surface area contributed by atoms with Gasteiger partial charge in [-0.2, -0.15) is 0 Å². The van der Waals surface area contributed by atoms with Crippen LogP contribution in [0.15, 0.2) is 23.2 Å². The molecule has 0 bridgehead atoms. The zero-order chi connectivity index (χ0) is 14.7. The number of anilines is 1. The normalized spacial score (nSPS) is 18.9. The molecule has 0 radical (unpaired) electrons. The van der Waals surface area contributed by atoms with Gasteiger partial charge in [0.05, 0.1) is 0 Å². The predicted octanol–water partition coefficient (Wildman–Crippen LogP) is 2.28. The summed E-state index contributed by atoms with van der Waals surface area (Å²) in [7, 11) is 0. The lowest BCUT2D eigenvalue weighted by atomic mass is 10.0. The van der Waals surface area contributed by atoms with Crippen LogP contribution in [0.1, 0.15) is 18.4 Å². The molecular weight excluding hydrogens is 276 g/mol. The Morgan fingerprint density at radius 3 is 2.90 bits per heavy atom. The Labute approximate surface area is 122 Å². The maximum atomic E-state index is 12.2. The molecule has 21 heavy (non-hydrogen) atoms. The number of alkyl halides is 2. The number of hydrogen-bond donors (Lipinski definition) is 1. The molecule has 0 saturated carbocycles. The molecule has 1 aromatic rings. The van der Waals surface area contributed by atoms with Crippen LogP contribution >= 0.6 is 0 Å². The SMILES string of the molecule is FC(F)COc1ccc2c(c1)C=NCN2C1CCNCC1. The molecule has 0 spiro atoms. The second-order valence-electron chi connectivity index (χ2n) is 5.33. The number of piperidine rings is 1. The van der Waals surface area contributed by atoms with Crippen LogP contribution in [0.4, 0.5) is 14.5 Å². The summed E-state index contributed by atoms with van der Waals surface area (Å²) in [5.41, 5.74) is 2.05. The molecule has 1 aromatic carbocycles. The number of halogens is 2. The maximum absolute atomic E-state index is 12.2. The molecule has 1 fully saturated rings. The minimum absolute atomic E-state index is 0.465. The summed E-state index contributed by atoms with van der Waals surface area (Å²) in [5, 5.41) is 3.36. The Morgan fingerprint density at radius 1 is 1.33 bits per heavy atom. The van der Waals surface area contributed by atoms with Gasteiger partial charge in [-0.25, -0.2) is 8.78 Å². The van der Waals surface area contributed by atoms with E-state index in [0.29, 0.717) is 18.5 Å². The highest BCUT2D eigenvalue weighted by Gasteiger charge is 2.24. The van der Waals surface area contributed by atoms with Crippen LogP contribution in [0, 0.1) is 0 Å². The Morgan fingerprint density at radius 2 is 2.14 bits per heavy atom. The summed E-state index contributed by atoms with van der Waals surface area (Å²) in [4.78, 5) is 6.69. The van der Waals surface area contributed by atoms with Gasteiger partial charge in [-0.05, 0) is 44.1 Å².